The number of aryl methyl sites for hydroxylation is 5. The lowest BCUT2D eigenvalue weighted by Gasteiger charge is -2.33. The number of nitriles is 3. The summed E-state index contributed by atoms with van der Waals surface area (Å²) in [6.45, 7) is 14.5. The lowest BCUT2D eigenvalue weighted by atomic mass is 9.91. The van der Waals surface area contributed by atoms with Crippen molar-refractivity contribution in [3.05, 3.63) is 170 Å². The zero-order valence-electron chi connectivity index (χ0n) is 66.5. The summed E-state index contributed by atoms with van der Waals surface area (Å²) in [5.41, 5.74) is 23.1. The Morgan fingerprint density at radius 1 is 0.461 bits per heavy atom. The SMILES string of the molecule is CNC(=O)N1CCc2c(c(N3CCCc4cc(-c5cccnc5C)c(C#N)cc43)nn2C2CCOCC2)C1.CNC(=O)N1CCc2c(c(N3CCCc4cc(-c5ccnc(OC)c5)c(C#N)cc43)nn2C2CCOCC2)C1.CNC(=O)N1CCc2c(c(N3CCCc4cc(-c5cncc(C)c5)c(C#N)cc43)nn2C2CCOCC2)C1. The molecule has 0 radical (unpaired) electrons. The summed E-state index contributed by atoms with van der Waals surface area (Å²) in [4.78, 5) is 63.1. The minimum atomic E-state index is -0.0753. The van der Waals surface area contributed by atoms with E-state index in [-0.39, 0.29) is 24.1 Å². The molecule has 0 saturated carbocycles. The molecule has 0 spiro atoms. The second-order valence-corrected chi connectivity index (χ2v) is 30.9. The fourth-order valence-electron chi connectivity index (χ4n) is 18.3. The molecule has 0 unspecified atom stereocenters. The standard InChI is InChI=1S/C29H33N7O3.2C29H33N7O2/c1-31-29(37)34-11-6-25-24(18-34)28(33-36(25)22-7-12-39-13-8-22)35-10-3-4-20-14-23(21(17-30)15-26(20)35)19-5-9-32-27(16-19)38-2;1-19-23(6-3-10-32-19)24-15-20-5-4-11-35(27(20)16-21(24)17-30)28-25-18-34(29(37)31-2)12-7-26(25)36(33-28)22-8-13-38-14-9-22;1-19-12-22(17-32-16-19)24-13-20-4-3-8-35(27(20)14-21(24)15-30)28-25-18-34(29(37)31-2)9-5-26(25)36(33-28)23-6-10-38-11-7-23/h5,9,14-16,22H,3-4,6-8,10-13,18H2,1-2H3,(H,31,37);3,6,10,15-16,22H,4-5,7-9,11-14,18H2,1-2H3,(H,31,37);12-14,16-17,23H,3-11,18H2,1-2H3,(H,31,37). The number of rotatable bonds is 10. The Hall–Kier alpha value is -11.9. The smallest absolute Gasteiger partial charge is 0.317 e. The van der Waals surface area contributed by atoms with Crippen LogP contribution in [0.15, 0.2) is 91.5 Å². The van der Waals surface area contributed by atoms with Crippen LogP contribution in [0.4, 0.5) is 48.9 Å². The molecule has 9 aliphatic rings. The maximum Gasteiger partial charge on any atom is 0.317 e. The Labute approximate surface area is 670 Å². The van der Waals surface area contributed by atoms with Crippen molar-refractivity contribution in [2.45, 2.75) is 148 Å². The number of carbonyl (C=O) groups is 3. The van der Waals surface area contributed by atoms with Gasteiger partial charge in [0.2, 0.25) is 5.88 Å². The molecule has 6 amide bonds. The van der Waals surface area contributed by atoms with E-state index in [4.69, 9.17) is 34.2 Å². The maximum atomic E-state index is 12.6. The summed E-state index contributed by atoms with van der Waals surface area (Å²) in [6, 6.07) is 30.3. The predicted octanol–water partition coefficient (Wildman–Crippen LogP) is 12.5. The molecule has 28 nitrogen and oxygen atoms in total. The molecular weight excluding hydrogens is 1450 g/mol. The highest BCUT2D eigenvalue weighted by molar-refractivity contribution is 5.84. The van der Waals surface area contributed by atoms with Gasteiger partial charge in [-0.15, -0.1) is 0 Å². The van der Waals surface area contributed by atoms with Crippen LogP contribution in [-0.2, 0) is 72.4 Å². The van der Waals surface area contributed by atoms with Crippen LogP contribution >= 0.6 is 0 Å². The van der Waals surface area contributed by atoms with E-state index >= 15 is 0 Å². The highest BCUT2D eigenvalue weighted by Gasteiger charge is 2.39. The molecule has 3 saturated heterocycles. The first-order chi connectivity index (χ1) is 56.3. The van der Waals surface area contributed by atoms with Crippen molar-refractivity contribution in [1.82, 2.24) is 74.9 Å². The number of anilines is 6. The van der Waals surface area contributed by atoms with E-state index < -0.39 is 0 Å². The first kappa shape index (κ1) is 77.1. The van der Waals surface area contributed by atoms with Crippen LogP contribution < -0.4 is 35.4 Å². The number of amides is 6. The molecule has 6 aromatic heterocycles. The van der Waals surface area contributed by atoms with Crippen molar-refractivity contribution in [2.24, 2.45) is 0 Å². The molecule has 115 heavy (non-hydrogen) atoms. The summed E-state index contributed by atoms with van der Waals surface area (Å²) >= 11 is 0. The lowest BCUT2D eigenvalue weighted by molar-refractivity contribution is 0.0650. The van der Waals surface area contributed by atoms with Gasteiger partial charge in [-0.2, -0.15) is 31.1 Å². The quantitative estimate of drug-likeness (QED) is 0.115. The fourth-order valence-corrected chi connectivity index (χ4v) is 18.3. The molecule has 3 N–H and O–H groups in total. The van der Waals surface area contributed by atoms with E-state index in [9.17, 15) is 30.2 Å². The summed E-state index contributed by atoms with van der Waals surface area (Å²) in [5, 5.41) is 54.5. The molecule has 28 heteroatoms. The predicted molar refractivity (Wildman–Crippen MR) is 435 cm³/mol. The number of hydrogen-bond donors (Lipinski definition) is 3. The molecule has 0 atom stereocenters. The Bertz CT molecular complexity index is 5300. The monoisotopic (exact) mass is 1550 g/mol. The third-order valence-corrected chi connectivity index (χ3v) is 24.2. The second-order valence-electron chi connectivity index (χ2n) is 30.9. The van der Waals surface area contributed by atoms with Gasteiger partial charge in [0.05, 0.1) is 79.8 Å². The van der Waals surface area contributed by atoms with Gasteiger partial charge in [0, 0.05) is 235 Å². The van der Waals surface area contributed by atoms with Gasteiger partial charge in [0.1, 0.15) is 0 Å². The number of fused-ring (bicyclic) bond motifs is 6. The van der Waals surface area contributed by atoms with E-state index in [1.807, 2.05) is 83.4 Å². The van der Waals surface area contributed by atoms with Gasteiger partial charge < -0.3 is 64.3 Å². The first-order valence-electron chi connectivity index (χ1n) is 40.6. The summed E-state index contributed by atoms with van der Waals surface area (Å²) in [5.74, 6) is 3.24. The minimum Gasteiger partial charge on any atom is -0.481 e. The minimum absolute atomic E-state index is 0.0669. The van der Waals surface area contributed by atoms with Crippen LogP contribution in [-0.4, -0.2) is 184 Å². The number of urea groups is 3. The molecule has 0 bridgehead atoms. The van der Waals surface area contributed by atoms with Crippen molar-refractivity contribution in [3.63, 3.8) is 0 Å². The van der Waals surface area contributed by atoms with Gasteiger partial charge in [-0.25, -0.2) is 19.4 Å². The third kappa shape index (κ3) is 15.4. The van der Waals surface area contributed by atoms with Crippen LogP contribution in [0.2, 0.25) is 0 Å². The van der Waals surface area contributed by atoms with E-state index in [1.54, 1.807) is 40.6 Å². The number of carbonyl (C=O) groups excluding carboxylic acids is 3. The third-order valence-electron chi connectivity index (χ3n) is 24.2. The van der Waals surface area contributed by atoms with Crippen LogP contribution in [0.25, 0.3) is 33.4 Å². The van der Waals surface area contributed by atoms with Crippen molar-refractivity contribution in [2.75, 3.05) is 122 Å². The number of ether oxygens (including phenoxy) is 4. The van der Waals surface area contributed by atoms with E-state index in [0.29, 0.717) is 73.9 Å². The highest BCUT2D eigenvalue weighted by atomic mass is 16.5. The van der Waals surface area contributed by atoms with Crippen molar-refractivity contribution >= 4 is 52.6 Å². The Balaban J connectivity index is 0.000000130. The van der Waals surface area contributed by atoms with E-state index in [2.05, 4.69) is 102 Å². The zero-order valence-corrected chi connectivity index (χ0v) is 66.5. The summed E-state index contributed by atoms with van der Waals surface area (Å²) in [7, 11) is 6.61. The second kappa shape index (κ2) is 34.0. The summed E-state index contributed by atoms with van der Waals surface area (Å²) in [6.07, 6.45) is 20.8. The number of aromatic nitrogens is 9. The number of pyridine rings is 3. The van der Waals surface area contributed by atoms with Crippen LogP contribution in [0.5, 0.6) is 5.88 Å². The largest absolute Gasteiger partial charge is 0.481 e. The number of nitrogens with one attached hydrogen (secondary N) is 3. The molecule has 0 aliphatic carbocycles. The van der Waals surface area contributed by atoms with Crippen LogP contribution in [0, 0.1) is 47.8 Å². The number of hydrogen-bond acceptors (Lipinski definition) is 19. The van der Waals surface area contributed by atoms with E-state index in [0.717, 1.165) is 251 Å². The average molecular weight is 1550 g/mol. The Kier molecular flexibility index (Phi) is 22.8. The summed E-state index contributed by atoms with van der Waals surface area (Å²) < 4.78 is 28.9. The van der Waals surface area contributed by atoms with Gasteiger partial charge >= 0.3 is 18.1 Å². The van der Waals surface area contributed by atoms with Gasteiger partial charge in [0.25, 0.3) is 0 Å². The van der Waals surface area contributed by atoms with Crippen molar-refractivity contribution in [3.8, 4) is 57.5 Å². The van der Waals surface area contributed by atoms with Crippen molar-refractivity contribution < 1.29 is 33.3 Å². The fraction of sp³-hybridized carbons (Fsp3) is 0.448. The molecule has 9 aromatic rings. The lowest BCUT2D eigenvalue weighted by Crippen LogP contribution is -2.42. The molecule has 9 aliphatic heterocycles. The normalized spacial score (nSPS) is 17.4. The van der Waals surface area contributed by atoms with E-state index in [1.165, 1.54) is 33.8 Å². The van der Waals surface area contributed by atoms with Gasteiger partial charge in [-0.1, -0.05) is 6.07 Å². The van der Waals surface area contributed by atoms with Crippen molar-refractivity contribution in [1.29, 1.82) is 15.8 Å². The molecule has 18 rings (SSSR count). The molecule has 594 valence electrons. The Morgan fingerprint density at radius 2 is 0.861 bits per heavy atom. The molecule has 3 fully saturated rings. The topological polar surface area (TPSA) is 307 Å². The van der Waals surface area contributed by atoms with Gasteiger partial charge in [-0.3, -0.25) is 24.0 Å². The maximum absolute atomic E-state index is 12.6. The highest BCUT2D eigenvalue weighted by Crippen LogP contribution is 2.47. The molecular formula is C87H99N21O7. The van der Waals surface area contributed by atoms with Gasteiger partial charge in [0.15, 0.2) is 17.5 Å². The zero-order chi connectivity index (χ0) is 79.4. The molecule has 15 heterocycles. The van der Waals surface area contributed by atoms with Gasteiger partial charge in [-0.05, 0) is 173 Å². The number of benzene rings is 3. The average Bonchev–Trinajstić information content (AvgIpc) is 1.66. The molecule has 3 aromatic carbocycles. The van der Waals surface area contributed by atoms with Crippen LogP contribution in [0.3, 0.4) is 0 Å². The number of methoxy groups -OCH3 is 1. The number of nitrogens with zero attached hydrogens (tertiary/aromatic N) is 18. The Morgan fingerprint density at radius 3 is 1.24 bits per heavy atom. The first-order valence-corrected chi connectivity index (χ1v) is 40.6. The van der Waals surface area contributed by atoms with Crippen LogP contribution in [0.1, 0.15) is 154 Å².